The molecule has 3 aromatic heterocycles. The monoisotopic (exact) mass is 630 g/mol. The predicted octanol–water partition coefficient (Wildman–Crippen LogP) is 10.1. The molecule has 0 spiro atoms. The highest BCUT2D eigenvalue weighted by Gasteiger charge is 2.22. The summed E-state index contributed by atoms with van der Waals surface area (Å²) in [5, 5.41) is 25.9. The van der Waals surface area contributed by atoms with Gasteiger partial charge in [-0.2, -0.15) is 10.5 Å². The van der Waals surface area contributed by atoms with Crippen molar-refractivity contribution in [1.29, 1.82) is 10.5 Å². The quantitative estimate of drug-likeness (QED) is 0.193. The van der Waals surface area contributed by atoms with E-state index >= 15 is 0 Å². The van der Waals surface area contributed by atoms with Crippen LogP contribution in [0.1, 0.15) is 11.1 Å². The fourth-order valence-electron chi connectivity index (χ4n) is 6.60. The van der Waals surface area contributed by atoms with Crippen LogP contribution < -0.4 is 0 Å². The number of hydrogen-bond acceptors (Lipinski definition) is 6. The number of nitrogens with zero attached hydrogens (tertiary/aromatic N) is 6. The van der Waals surface area contributed by atoms with Crippen molar-refractivity contribution in [3.8, 4) is 52.0 Å². The summed E-state index contributed by atoms with van der Waals surface area (Å²) >= 11 is 1.78. The van der Waals surface area contributed by atoms with Gasteiger partial charge in [0.15, 0.2) is 17.5 Å². The molecular formula is C41H22N6S. The topological polar surface area (TPSA) is 91.2 Å². The molecule has 0 amide bonds. The Morgan fingerprint density at radius 2 is 1.10 bits per heavy atom. The number of benzene rings is 6. The van der Waals surface area contributed by atoms with Gasteiger partial charge in [-0.25, -0.2) is 15.0 Å². The predicted molar refractivity (Wildman–Crippen MR) is 193 cm³/mol. The molecule has 48 heavy (non-hydrogen) atoms. The lowest BCUT2D eigenvalue weighted by Gasteiger charge is -2.14. The molecule has 0 N–H and O–H groups in total. The summed E-state index contributed by atoms with van der Waals surface area (Å²) in [6.45, 7) is 0. The molecule has 7 heteroatoms. The summed E-state index contributed by atoms with van der Waals surface area (Å²) in [5.74, 6) is 1.30. The van der Waals surface area contributed by atoms with E-state index < -0.39 is 0 Å². The van der Waals surface area contributed by atoms with Gasteiger partial charge in [0, 0.05) is 47.6 Å². The van der Waals surface area contributed by atoms with Crippen molar-refractivity contribution >= 4 is 53.3 Å². The fraction of sp³-hybridized carbons (Fsp3) is 0. The third-order valence-electron chi connectivity index (χ3n) is 8.73. The number of aromatic nitrogens is 4. The minimum atomic E-state index is 0.330. The molecule has 9 rings (SSSR count). The second-order valence-corrected chi connectivity index (χ2v) is 12.5. The molecule has 0 aliphatic rings. The van der Waals surface area contributed by atoms with Crippen molar-refractivity contribution in [2.75, 3.05) is 0 Å². The van der Waals surface area contributed by atoms with Gasteiger partial charge in [-0.1, -0.05) is 97.1 Å². The molecule has 0 aliphatic carbocycles. The molecule has 0 bridgehead atoms. The molecule has 0 radical (unpaired) electrons. The molecule has 0 saturated carbocycles. The van der Waals surface area contributed by atoms with Crippen LogP contribution in [0.3, 0.4) is 0 Å². The first-order chi connectivity index (χ1) is 23.7. The average Bonchev–Trinajstić information content (AvgIpc) is 3.70. The largest absolute Gasteiger partial charge is 0.308 e. The SMILES string of the molecule is N#Cc1cc(-n2c3ccccc3c3c4c(ccc32)sc2ccccc24)c(C#N)cc1-c1nc(-c2ccccc2)nc(-c2ccccc2)n1. The summed E-state index contributed by atoms with van der Waals surface area (Å²) in [7, 11) is 0. The van der Waals surface area contributed by atoms with Crippen molar-refractivity contribution in [3.63, 3.8) is 0 Å². The first-order valence-corrected chi connectivity index (χ1v) is 16.2. The van der Waals surface area contributed by atoms with Crippen molar-refractivity contribution < 1.29 is 0 Å². The van der Waals surface area contributed by atoms with Crippen LogP contribution >= 0.6 is 11.3 Å². The number of para-hydroxylation sites is 1. The van der Waals surface area contributed by atoms with Gasteiger partial charge in [0.1, 0.15) is 6.07 Å². The Kier molecular flexibility index (Phi) is 6.33. The van der Waals surface area contributed by atoms with Gasteiger partial charge < -0.3 is 4.57 Å². The molecule has 0 unspecified atom stereocenters. The van der Waals surface area contributed by atoms with Crippen LogP contribution in [-0.4, -0.2) is 19.5 Å². The van der Waals surface area contributed by atoms with E-state index in [-0.39, 0.29) is 0 Å². The molecule has 222 valence electrons. The minimum absolute atomic E-state index is 0.330. The van der Waals surface area contributed by atoms with Gasteiger partial charge in [-0.05, 0) is 36.4 Å². The third-order valence-corrected chi connectivity index (χ3v) is 9.87. The zero-order valence-electron chi connectivity index (χ0n) is 25.3. The summed E-state index contributed by atoms with van der Waals surface area (Å²) in [6, 6.07) is 48.8. The molecule has 6 nitrogen and oxygen atoms in total. The van der Waals surface area contributed by atoms with E-state index in [0.29, 0.717) is 39.9 Å². The first-order valence-electron chi connectivity index (χ1n) is 15.4. The van der Waals surface area contributed by atoms with Gasteiger partial charge in [0.05, 0.1) is 33.9 Å². The van der Waals surface area contributed by atoms with Crippen molar-refractivity contribution in [2.24, 2.45) is 0 Å². The zero-order valence-corrected chi connectivity index (χ0v) is 26.1. The molecular weight excluding hydrogens is 609 g/mol. The zero-order chi connectivity index (χ0) is 32.2. The normalized spacial score (nSPS) is 11.3. The van der Waals surface area contributed by atoms with E-state index in [4.69, 9.17) is 15.0 Å². The van der Waals surface area contributed by atoms with E-state index in [1.165, 1.54) is 20.2 Å². The Morgan fingerprint density at radius 3 is 1.79 bits per heavy atom. The first kappa shape index (κ1) is 27.6. The van der Waals surface area contributed by atoms with Crippen molar-refractivity contribution in [3.05, 3.63) is 145 Å². The molecule has 9 aromatic rings. The van der Waals surface area contributed by atoms with Gasteiger partial charge in [-0.3, -0.25) is 0 Å². The fourth-order valence-corrected chi connectivity index (χ4v) is 7.72. The Hall–Kier alpha value is -6.67. The Labute approximate surface area is 279 Å². The molecule has 6 aromatic carbocycles. The molecule has 0 saturated heterocycles. The lowest BCUT2D eigenvalue weighted by atomic mass is 10.0. The summed E-state index contributed by atoms with van der Waals surface area (Å²) in [6.07, 6.45) is 0. The smallest absolute Gasteiger partial charge is 0.165 e. The van der Waals surface area contributed by atoms with E-state index in [9.17, 15) is 10.5 Å². The highest BCUT2D eigenvalue weighted by molar-refractivity contribution is 7.26. The summed E-state index contributed by atoms with van der Waals surface area (Å²) in [4.78, 5) is 14.5. The Morgan fingerprint density at radius 1 is 0.500 bits per heavy atom. The van der Waals surface area contributed by atoms with Crippen LogP contribution in [0.2, 0.25) is 0 Å². The van der Waals surface area contributed by atoms with E-state index in [0.717, 1.165) is 32.9 Å². The Balaban J connectivity index is 1.32. The number of thiophene rings is 1. The maximum Gasteiger partial charge on any atom is 0.165 e. The third kappa shape index (κ3) is 4.27. The van der Waals surface area contributed by atoms with Crippen molar-refractivity contribution in [2.45, 2.75) is 0 Å². The molecule has 0 atom stereocenters. The van der Waals surface area contributed by atoms with Gasteiger partial charge in [-0.15, -0.1) is 11.3 Å². The lowest BCUT2D eigenvalue weighted by molar-refractivity contribution is 1.07. The van der Waals surface area contributed by atoms with Crippen LogP contribution in [0.25, 0.3) is 81.8 Å². The van der Waals surface area contributed by atoms with E-state index in [2.05, 4.69) is 65.2 Å². The van der Waals surface area contributed by atoms with Crippen LogP contribution in [-0.2, 0) is 0 Å². The highest BCUT2D eigenvalue weighted by Crippen LogP contribution is 2.44. The Bertz CT molecular complexity index is 2740. The second kappa shape index (κ2) is 11.0. The number of nitriles is 2. The maximum atomic E-state index is 10.6. The van der Waals surface area contributed by atoms with Gasteiger partial charge in [0.2, 0.25) is 0 Å². The van der Waals surface area contributed by atoms with Crippen LogP contribution in [0, 0.1) is 22.7 Å². The average molecular weight is 631 g/mol. The molecule has 3 heterocycles. The van der Waals surface area contributed by atoms with Crippen LogP contribution in [0.15, 0.2) is 133 Å². The summed E-state index contributed by atoms with van der Waals surface area (Å²) in [5.41, 5.74) is 5.45. The lowest BCUT2D eigenvalue weighted by Crippen LogP contribution is -2.04. The number of fused-ring (bicyclic) bond motifs is 7. The van der Waals surface area contributed by atoms with E-state index in [1.807, 2.05) is 72.8 Å². The second-order valence-electron chi connectivity index (χ2n) is 11.5. The standard InChI is InChI=1S/C41H22N6S/c42-23-27-22-34(47-32-17-9-7-15-29(32)37-33(47)19-20-36-38(37)30-16-8-10-18-35(30)48-36)28(24-43)21-31(27)41-45-39(25-11-3-1-4-12-25)44-40(46-41)26-13-5-2-6-14-26/h1-22H. The summed E-state index contributed by atoms with van der Waals surface area (Å²) < 4.78 is 4.55. The molecule has 0 aliphatic heterocycles. The van der Waals surface area contributed by atoms with Gasteiger partial charge >= 0.3 is 0 Å². The van der Waals surface area contributed by atoms with E-state index in [1.54, 1.807) is 23.5 Å². The van der Waals surface area contributed by atoms with Gasteiger partial charge in [0.25, 0.3) is 0 Å². The van der Waals surface area contributed by atoms with Crippen molar-refractivity contribution in [1.82, 2.24) is 19.5 Å². The highest BCUT2D eigenvalue weighted by atomic mass is 32.1. The number of hydrogen-bond donors (Lipinski definition) is 0. The number of rotatable bonds is 4. The van der Waals surface area contributed by atoms with Crippen LogP contribution in [0.5, 0.6) is 0 Å². The maximum absolute atomic E-state index is 10.6. The van der Waals surface area contributed by atoms with Crippen LogP contribution in [0.4, 0.5) is 0 Å². The minimum Gasteiger partial charge on any atom is -0.308 e. The molecule has 0 fully saturated rings.